The van der Waals surface area contributed by atoms with Crippen molar-refractivity contribution >= 4 is 17.3 Å². The highest BCUT2D eigenvalue weighted by Crippen LogP contribution is 2.35. The van der Waals surface area contributed by atoms with Gasteiger partial charge in [-0.1, -0.05) is 0 Å². The van der Waals surface area contributed by atoms with Crippen LogP contribution >= 0.6 is 11.3 Å². The first-order valence-corrected chi connectivity index (χ1v) is 5.04. The second-order valence-corrected chi connectivity index (χ2v) is 4.41. The van der Waals surface area contributed by atoms with E-state index in [0.717, 1.165) is 0 Å². The maximum Gasteiger partial charge on any atom is 0.314 e. The molecule has 0 saturated heterocycles. The molecule has 5 heteroatoms. The quantitative estimate of drug-likeness (QED) is 0.774. The molecular weight excluding hydrogens is 202 g/mol. The number of thiazole rings is 1. The van der Waals surface area contributed by atoms with Crippen molar-refractivity contribution in [2.45, 2.75) is 20.0 Å². The minimum atomic E-state index is -0.966. The number of hydrogen-bond acceptors (Lipinski definition) is 5. The Morgan fingerprint density at radius 2 is 2.36 bits per heavy atom. The van der Waals surface area contributed by atoms with Crippen LogP contribution in [0, 0.1) is 5.41 Å². The Labute approximate surface area is 86.6 Å². The Morgan fingerprint density at radius 1 is 1.71 bits per heavy atom. The molecule has 0 spiro atoms. The Balaban J connectivity index is 2.88. The smallest absolute Gasteiger partial charge is 0.314 e. The fraction of sp³-hybridized carbons (Fsp3) is 0.556. The van der Waals surface area contributed by atoms with E-state index in [4.69, 9.17) is 0 Å². The van der Waals surface area contributed by atoms with Gasteiger partial charge >= 0.3 is 5.97 Å². The Bertz CT molecular complexity index is 308. The zero-order chi connectivity index (χ0) is 10.8. The first-order valence-electron chi connectivity index (χ1n) is 4.16. The summed E-state index contributed by atoms with van der Waals surface area (Å²) in [6.45, 7) is 3.26. The normalized spacial score (nSPS) is 13.7. The summed E-state index contributed by atoms with van der Waals surface area (Å²) in [4.78, 5) is 15.3. The van der Waals surface area contributed by atoms with Crippen LogP contribution in [0.4, 0.5) is 0 Å². The van der Waals surface area contributed by atoms with Crippen LogP contribution in [0.2, 0.25) is 0 Å². The van der Waals surface area contributed by atoms with Crippen molar-refractivity contribution in [1.82, 2.24) is 4.98 Å². The van der Waals surface area contributed by atoms with Gasteiger partial charge < -0.3 is 9.84 Å². The minimum Gasteiger partial charge on any atom is -0.469 e. The predicted octanol–water partition coefficient (Wildman–Crippen LogP) is 1.38. The first kappa shape index (κ1) is 11.1. The van der Waals surface area contributed by atoms with Gasteiger partial charge in [0, 0.05) is 11.6 Å². The van der Waals surface area contributed by atoms with Crippen molar-refractivity contribution in [2.75, 3.05) is 7.11 Å². The molecule has 0 bridgehead atoms. The van der Waals surface area contributed by atoms with Crippen LogP contribution in [-0.2, 0) is 9.53 Å². The van der Waals surface area contributed by atoms with Gasteiger partial charge in [-0.2, -0.15) is 0 Å². The number of nitrogens with zero attached hydrogens (tertiary/aromatic N) is 1. The maximum atomic E-state index is 11.4. The second kappa shape index (κ2) is 4.06. The highest BCUT2D eigenvalue weighted by Gasteiger charge is 2.39. The van der Waals surface area contributed by atoms with Crippen molar-refractivity contribution in [3.63, 3.8) is 0 Å². The Hall–Kier alpha value is -0.940. The highest BCUT2D eigenvalue weighted by molar-refractivity contribution is 7.09. The average Bonchev–Trinajstić information content (AvgIpc) is 2.67. The lowest BCUT2D eigenvalue weighted by molar-refractivity contribution is -0.157. The number of aliphatic hydroxyl groups is 1. The van der Waals surface area contributed by atoms with Gasteiger partial charge in [-0.3, -0.25) is 4.79 Å². The molecule has 78 valence electrons. The van der Waals surface area contributed by atoms with Crippen LogP contribution in [0.15, 0.2) is 11.6 Å². The zero-order valence-corrected chi connectivity index (χ0v) is 9.17. The number of aromatic nitrogens is 1. The second-order valence-electron chi connectivity index (χ2n) is 3.49. The third kappa shape index (κ3) is 1.93. The van der Waals surface area contributed by atoms with E-state index in [-0.39, 0.29) is 0 Å². The molecule has 0 radical (unpaired) electrons. The summed E-state index contributed by atoms with van der Waals surface area (Å²) in [5.74, 6) is -0.444. The zero-order valence-electron chi connectivity index (χ0n) is 8.35. The molecule has 0 aliphatic heterocycles. The van der Waals surface area contributed by atoms with Crippen LogP contribution in [0.3, 0.4) is 0 Å². The standard InChI is InChI=1S/C9H13NO3S/c1-9(2,8(12)13-3)6(11)7-10-4-5-14-7/h4-6,11H,1-3H3/t6-/m0/s1. The highest BCUT2D eigenvalue weighted by atomic mass is 32.1. The van der Waals surface area contributed by atoms with Gasteiger partial charge in [0.15, 0.2) is 0 Å². The van der Waals surface area contributed by atoms with E-state index in [0.29, 0.717) is 5.01 Å². The molecule has 0 aliphatic carbocycles. The summed E-state index contributed by atoms with van der Waals surface area (Å²) in [5.41, 5.74) is -0.966. The summed E-state index contributed by atoms with van der Waals surface area (Å²) in [6.07, 6.45) is 0.672. The largest absolute Gasteiger partial charge is 0.469 e. The number of hydrogen-bond donors (Lipinski definition) is 1. The molecule has 4 nitrogen and oxygen atoms in total. The summed E-state index contributed by atoms with van der Waals surface area (Å²) < 4.78 is 4.61. The molecule has 0 amide bonds. The number of ether oxygens (including phenoxy) is 1. The van der Waals surface area contributed by atoms with Crippen LogP contribution in [-0.4, -0.2) is 23.2 Å². The molecule has 1 heterocycles. The van der Waals surface area contributed by atoms with Crippen molar-refractivity contribution in [3.05, 3.63) is 16.6 Å². The molecule has 0 fully saturated rings. The van der Waals surface area contributed by atoms with Crippen molar-refractivity contribution < 1.29 is 14.6 Å². The van der Waals surface area contributed by atoms with E-state index < -0.39 is 17.5 Å². The van der Waals surface area contributed by atoms with E-state index in [9.17, 15) is 9.90 Å². The fourth-order valence-electron chi connectivity index (χ4n) is 1.05. The van der Waals surface area contributed by atoms with Gasteiger partial charge in [-0.05, 0) is 13.8 Å². The maximum absolute atomic E-state index is 11.4. The summed E-state index contributed by atoms with van der Waals surface area (Å²) in [5, 5.41) is 12.2. The topological polar surface area (TPSA) is 59.4 Å². The molecule has 1 aromatic heterocycles. The van der Waals surface area contributed by atoms with Crippen LogP contribution in [0.1, 0.15) is 25.0 Å². The SMILES string of the molecule is COC(=O)C(C)(C)[C@@H](O)c1nccs1. The Morgan fingerprint density at radius 3 is 2.79 bits per heavy atom. The molecule has 1 rings (SSSR count). The lowest BCUT2D eigenvalue weighted by Crippen LogP contribution is -2.32. The lowest BCUT2D eigenvalue weighted by atomic mass is 9.87. The van der Waals surface area contributed by atoms with Crippen LogP contribution < -0.4 is 0 Å². The summed E-state index contributed by atoms with van der Waals surface area (Å²) in [7, 11) is 1.30. The van der Waals surface area contributed by atoms with E-state index in [1.165, 1.54) is 18.4 Å². The molecule has 0 aromatic carbocycles. The first-order chi connectivity index (χ1) is 6.50. The van der Waals surface area contributed by atoms with E-state index in [1.807, 2.05) is 0 Å². The number of esters is 1. The van der Waals surface area contributed by atoms with Crippen LogP contribution in [0.5, 0.6) is 0 Å². The average molecular weight is 215 g/mol. The summed E-state index contributed by atoms with van der Waals surface area (Å²) in [6, 6.07) is 0. The van der Waals surface area contributed by atoms with Gasteiger partial charge in [0.2, 0.25) is 0 Å². The van der Waals surface area contributed by atoms with E-state index in [2.05, 4.69) is 9.72 Å². The fourth-order valence-corrected chi connectivity index (χ4v) is 1.86. The monoisotopic (exact) mass is 215 g/mol. The predicted molar refractivity (Wildman–Crippen MR) is 52.9 cm³/mol. The molecule has 14 heavy (non-hydrogen) atoms. The molecular formula is C9H13NO3S. The number of aliphatic hydroxyl groups excluding tert-OH is 1. The third-order valence-electron chi connectivity index (χ3n) is 2.08. The third-order valence-corrected chi connectivity index (χ3v) is 2.91. The number of rotatable bonds is 3. The molecule has 1 aromatic rings. The van der Waals surface area contributed by atoms with Crippen molar-refractivity contribution in [2.24, 2.45) is 5.41 Å². The molecule has 0 saturated carbocycles. The summed E-state index contributed by atoms with van der Waals surface area (Å²) >= 11 is 1.32. The van der Waals surface area contributed by atoms with E-state index in [1.54, 1.807) is 25.4 Å². The molecule has 1 atom stereocenters. The van der Waals surface area contributed by atoms with Crippen molar-refractivity contribution in [3.8, 4) is 0 Å². The van der Waals surface area contributed by atoms with Gasteiger partial charge in [0.05, 0.1) is 12.5 Å². The molecule has 1 N–H and O–H groups in total. The number of carbonyl (C=O) groups is 1. The minimum absolute atomic E-state index is 0.444. The number of methoxy groups -OCH3 is 1. The molecule has 0 aliphatic rings. The van der Waals surface area contributed by atoms with Gasteiger partial charge in [-0.25, -0.2) is 4.98 Å². The van der Waals surface area contributed by atoms with Gasteiger partial charge in [-0.15, -0.1) is 11.3 Å². The van der Waals surface area contributed by atoms with Gasteiger partial charge in [0.1, 0.15) is 11.1 Å². The van der Waals surface area contributed by atoms with E-state index >= 15 is 0 Å². The Kier molecular flexibility index (Phi) is 3.23. The van der Waals surface area contributed by atoms with Gasteiger partial charge in [0.25, 0.3) is 0 Å². The van der Waals surface area contributed by atoms with Crippen molar-refractivity contribution in [1.29, 1.82) is 0 Å². The molecule has 0 unspecified atom stereocenters. The van der Waals surface area contributed by atoms with Crippen LogP contribution in [0.25, 0.3) is 0 Å². The number of carbonyl (C=O) groups excluding carboxylic acids is 1. The lowest BCUT2D eigenvalue weighted by Gasteiger charge is -2.25.